The zero-order chi connectivity index (χ0) is 32.3. The second kappa shape index (κ2) is 13.1. The molecule has 1 fully saturated rings. The van der Waals surface area contributed by atoms with Gasteiger partial charge in [-0.2, -0.15) is 5.10 Å². The van der Waals surface area contributed by atoms with Gasteiger partial charge in [0, 0.05) is 29.7 Å². The number of pyridine rings is 1. The molecule has 2 aromatic heterocycles. The Hall–Kier alpha value is -5.06. The molecule has 5 aromatic rings. The average molecular weight is 618 g/mol. The fourth-order valence-corrected chi connectivity index (χ4v) is 5.80. The predicted molar refractivity (Wildman–Crippen MR) is 181 cm³/mol. The lowest BCUT2D eigenvalue weighted by Crippen LogP contribution is -2.52. The highest BCUT2D eigenvalue weighted by Gasteiger charge is 2.25. The van der Waals surface area contributed by atoms with Crippen molar-refractivity contribution in [1.82, 2.24) is 25.0 Å². The number of benzene rings is 3. The number of aryl methyl sites for hydroxylation is 1. The number of carbonyl (C=O) groups is 2. The molecule has 3 amide bonds. The Labute approximate surface area is 268 Å². The van der Waals surface area contributed by atoms with Gasteiger partial charge >= 0.3 is 6.03 Å². The third kappa shape index (κ3) is 6.63. The third-order valence-electron chi connectivity index (χ3n) is 8.27. The van der Waals surface area contributed by atoms with Gasteiger partial charge in [0.15, 0.2) is 0 Å². The molecule has 236 valence electrons. The molecule has 6 rings (SSSR count). The number of morpholine rings is 1. The van der Waals surface area contributed by atoms with Gasteiger partial charge in [0.1, 0.15) is 12.0 Å². The highest BCUT2D eigenvalue weighted by atomic mass is 16.5. The minimum Gasteiger partial charge on any atom is -0.377 e. The van der Waals surface area contributed by atoms with E-state index in [1.54, 1.807) is 17.1 Å². The van der Waals surface area contributed by atoms with Crippen LogP contribution in [0.1, 0.15) is 37.6 Å². The number of carbonyl (C=O) groups excluding carboxylic acids is 2. The molecule has 0 saturated carbocycles. The van der Waals surface area contributed by atoms with E-state index in [0.29, 0.717) is 31.3 Å². The molecule has 0 radical (unpaired) electrons. The normalized spacial score (nSPS) is 15.4. The largest absolute Gasteiger partial charge is 0.377 e. The van der Waals surface area contributed by atoms with Crippen LogP contribution < -0.4 is 16.0 Å². The van der Waals surface area contributed by atoms with Crippen molar-refractivity contribution in [3.63, 3.8) is 0 Å². The Morgan fingerprint density at radius 1 is 0.978 bits per heavy atom. The van der Waals surface area contributed by atoms with Crippen LogP contribution in [0.2, 0.25) is 0 Å². The van der Waals surface area contributed by atoms with Crippen molar-refractivity contribution in [2.24, 2.45) is 0 Å². The lowest BCUT2D eigenvalue weighted by Gasteiger charge is -2.35. The van der Waals surface area contributed by atoms with Gasteiger partial charge in [-0.15, -0.1) is 0 Å². The number of nitrogens with one attached hydrogen (secondary N) is 3. The Morgan fingerprint density at radius 2 is 1.76 bits per heavy atom. The van der Waals surface area contributed by atoms with Crippen LogP contribution in [0.4, 0.5) is 16.3 Å². The molecular weight excluding hydrogens is 578 g/mol. The molecule has 10 nitrogen and oxygen atoms in total. The van der Waals surface area contributed by atoms with Crippen molar-refractivity contribution in [3.8, 4) is 16.8 Å². The number of amides is 3. The standard InChI is InChI=1S/C36H39N7O3/c1-24-9-14-27(19-37-24)43-34(31(20-39-43)36(2,3)4)41-35(45)40-32-16-15-28(29-7-5-6-8-30(29)32)26-12-10-25(11-13-26)21-42-17-18-46-22-33(42)38-23-44/h5-16,19-20,23,33H,17-18,21-22H2,1-4H3,(H,38,44)(H2,40,41,45)/t33-/m0/s1. The first-order valence-electron chi connectivity index (χ1n) is 15.4. The van der Waals surface area contributed by atoms with E-state index in [0.717, 1.165) is 57.4 Å². The van der Waals surface area contributed by atoms with E-state index < -0.39 is 0 Å². The number of fused-ring (bicyclic) bond motifs is 1. The minimum atomic E-state index is -0.361. The Kier molecular flexibility index (Phi) is 8.83. The lowest BCUT2D eigenvalue weighted by molar-refractivity contribution is -0.114. The number of hydrogen-bond acceptors (Lipinski definition) is 6. The fourth-order valence-electron chi connectivity index (χ4n) is 5.80. The van der Waals surface area contributed by atoms with E-state index in [9.17, 15) is 9.59 Å². The maximum atomic E-state index is 13.5. The van der Waals surface area contributed by atoms with Crippen molar-refractivity contribution in [2.45, 2.75) is 45.8 Å². The maximum Gasteiger partial charge on any atom is 0.324 e. The van der Waals surface area contributed by atoms with Crippen molar-refractivity contribution in [2.75, 3.05) is 30.4 Å². The molecule has 1 saturated heterocycles. The SMILES string of the molecule is Cc1ccc(-n2ncc(C(C)(C)C)c2NC(=O)Nc2ccc(-c3ccc(CN4CCOC[C@H]4NC=O)cc3)c3ccccc23)cn1. The molecule has 10 heteroatoms. The molecule has 3 heterocycles. The second-order valence-electron chi connectivity index (χ2n) is 12.6. The fraction of sp³-hybridized carbons (Fsp3) is 0.278. The number of aromatic nitrogens is 3. The lowest BCUT2D eigenvalue weighted by atomic mass is 9.89. The zero-order valence-electron chi connectivity index (χ0n) is 26.6. The summed E-state index contributed by atoms with van der Waals surface area (Å²) >= 11 is 0. The summed E-state index contributed by atoms with van der Waals surface area (Å²) < 4.78 is 7.24. The summed E-state index contributed by atoms with van der Waals surface area (Å²) in [5.41, 5.74) is 6.33. The Bertz CT molecular complexity index is 1840. The monoisotopic (exact) mass is 617 g/mol. The van der Waals surface area contributed by atoms with Gasteiger partial charge in [-0.3, -0.25) is 20.0 Å². The summed E-state index contributed by atoms with van der Waals surface area (Å²) in [5, 5.41) is 15.6. The quantitative estimate of drug-likeness (QED) is 0.178. The van der Waals surface area contributed by atoms with Crippen molar-refractivity contribution in [3.05, 3.63) is 102 Å². The van der Waals surface area contributed by atoms with Gasteiger partial charge in [-0.25, -0.2) is 9.48 Å². The average Bonchev–Trinajstić information content (AvgIpc) is 3.47. The highest BCUT2D eigenvalue weighted by Crippen LogP contribution is 2.35. The summed E-state index contributed by atoms with van der Waals surface area (Å²) in [5.74, 6) is 0.599. The first kappa shape index (κ1) is 30.9. The Morgan fingerprint density at radius 3 is 2.48 bits per heavy atom. The number of nitrogens with zero attached hydrogens (tertiary/aromatic N) is 4. The molecule has 1 aliphatic rings. The van der Waals surface area contributed by atoms with Crippen LogP contribution in [0, 0.1) is 6.92 Å². The van der Waals surface area contributed by atoms with Crippen LogP contribution in [0.15, 0.2) is 85.2 Å². The van der Waals surface area contributed by atoms with Crippen LogP contribution in [0.25, 0.3) is 27.6 Å². The molecule has 0 bridgehead atoms. The molecule has 1 atom stereocenters. The molecule has 1 aliphatic heterocycles. The Balaban J connectivity index is 1.24. The molecule has 3 aromatic carbocycles. The van der Waals surface area contributed by atoms with E-state index in [-0.39, 0.29) is 17.6 Å². The van der Waals surface area contributed by atoms with Crippen LogP contribution in [0.5, 0.6) is 0 Å². The summed E-state index contributed by atoms with van der Waals surface area (Å²) in [4.78, 5) is 31.2. The number of rotatable bonds is 8. The van der Waals surface area contributed by atoms with Gasteiger partial charge in [0.05, 0.1) is 37.0 Å². The van der Waals surface area contributed by atoms with E-state index in [4.69, 9.17) is 4.74 Å². The van der Waals surface area contributed by atoms with Crippen LogP contribution >= 0.6 is 0 Å². The maximum absolute atomic E-state index is 13.5. The summed E-state index contributed by atoms with van der Waals surface area (Å²) in [6.07, 6.45) is 4.14. The van der Waals surface area contributed by atoms with Gasteiger partial charge < -0.3 is 15.4 Å². The number of anilines is 2. The van der Waals surface area contributed by atoms with E-state index in [1.807, 2.05) is 49.4 Å². The number of hydrogen-bond donors (Lipinski definition) is 3. The van der Waals surface area contributed by atoms with Crippen LogP contribution in [-0.2, 0) is 21.5 Å². The predicted octanol–water partition coefficient (Wildman–Crippen LogP) is 6.24. The van der Waals surface area contributed by atoms with Gasteiger partial charge in [0.2, 0.25) is 6.41 Å². The third-order valence-corrected chi connectivity index (χ3v) is 8.27. The van der Waals surface area contributed by atoms with E-state index >= 15 is 0 Å². The second-order valence-corrected chi connectivity index (χ2v) is 12.6. The molecule has 0 spiro atoms. The molecular formula is C36H39N7O3. The minimum absolute atomic E-state index is 0.132. The van der Waals surface area contributed by atoms with Gasteiger partial charge in [-0.1, -0.05) is 75.4 Å². The van der Waals surface area contributed by atoms with E-state index in [2.05, 4.69) is 82.0 Å². The number of urea groups is 1. The summed E-state index contributed by atoms with van der Waals surface area (Å²) in [6.45, 7) is 10.8. The van der Waals surface area contributed by atoms with Crippen molar-refractivity contribution < 1.29 is 14.3 Å². The van der Waals surface area contributed by atoms with E-state index in [1.165, 1.54) is 0 Å². The molecule has 3 N–H and O–H groups in total. The summed E-state index contributed by atoms with van der Waals surface area (Å²) in [6, 6.07) is 24.0. The highest BCUT2D eigenvalue weighted by molar-refractivity contribution is 6.09. The first-order valence-corrected chi connectivity index (χ1v) is 15.4. The zero-order valence-corrected chi connectivity index (χ0v) is 26.6. The van der Waals surface area contributed by atoms with Gasteiger partial charge in [-0.05, 0) is 52.6 Å². The van der Waals surface area contributed by atoms with Gasteiger partial charge in [0.25, 0.3) is 0 Å². The molecule has 0 aliphatic carbocycles. The van der Waals surface area contributed by atoms with Crippen LogP contribution in [0.3, 0.4) is 0 Å². The number of ether oxygens (including phenoxy) is 1. The first-order chi connectivity index (χ1) is 22.2. The molecule has 0 unspecified atom stereocenters. The summed E-state index contributed by atoms with van der Waals surface area (Å²) in [7, 11) is 0. The smallest absolute Gasteiger partial charge is 0.324 e. The topological polar surface area (TPSA) is 113 Å². The molecule has 46 heavy (non-hydrogen) atoms. The van der Waals surface area contributed by atoms with Crippen LogP contribution in [-0.4, -0.2) is 58.0 Å². The van der Waals surface area contributed by atoms with Crippen molar-refractivity contribution in [1.29, 1.82) is 0 Å². The van der Waals surface area contributed by atoms with Crippen molar-refractivity contribution >= 4 is 34.7 Å².